The fraction of sp³-hybridized carbons (Fsp3) is 0.385. The van der Waals surface area contributed by atoms with Crippen molar-refractivity contribution in [1.29, 1.82) is 0 Å². The summed E-state index contributed by atoms with van der Waals surface area (Å²) in [5.74, 6) is -0.0706. The van der Waals surface area contributed by atoms with Crippen LogP contribution in [-0.2, 0) is 14.9 Å². The van der Waals surface area contributed by atoms with Gasteiger partial charge in [-0.3, -0.25) is 9.48 Å². The quantitative estimate of drug-likeness (QED) is 0.341. The van der Waals surface area contributed by atoms with Gasteiger partial charge in [0.15, 0.2) is 11.2 Å². The molecule has 1 saturated heterocycles. The molecule has 38 heavy (non-hydrogen) atoms. The number of hydrogen-bond donors (Lipinski definition) is 0. The highest BCUT2D eigenvalue weighted by atomic mass is 32.2. The Kier molecular flexibility index (Phi) is 5.86. The van der Waals surface area contributed by atoms with Gasteiger partial charge in [0.2, 0.25) is 5.91 Å². The summed E-state index contributed by atoms with van der Waals surface area (Å²) in [5, 5.41) is 4.42. The van der Waals surface area contributed by atoms with Crippen LogP contribution >= 0.6 is 0 Å². The van der Waals surface area contributed by atoms with Gasteiger partial charge >= 0.3 is 10.1 Å². The van der Waals surface area contributed by atoms with E-state index >= 15 is 0 Å². The van der Waals surface area contributed by atoms with E-state index in [1.54, 1.807) is 30.2 Å². The van der Waals surface area contributed by atoms with Gasteiger partial charge in [0.05, 0.1) is 29.3 Å². The molecular formula is C26H27N7O4S. The Morgan fingerprint density at radius 3 is 2.42 bits per heavy atom. The fourth-order valence-electron chi connectivity index (χ4n) is 4.51. The molecule has 0 bridgehead atoms. The third kappa shape index (κ3) is 4.60. The number of fused-ring (bicyclic) bond motifs is 1. The molecule has 4 heterocycles. The number of carbonyl (C=O) groups excluding carboxylic acids is 1. The van der Waals surface area contributed by atoms with E-state index in [1.807, 2.05) is 24.7 Å². The van der Waals surface area contributed by atoms with Crippen LogP contribution in [0.2, 0.25) is 0 Å². The Morgan fingerprint density at radius 1 is 0.947 bits per heavy atom. The number of aromatic nitrogens is 6. The van der Waals surface area contributed by atoms with E-state index in [0.717, 1.165) is 24.1 Å². The number of carbonyl (C=O) groups is 1. The van der Waals surface area contributed by atoms with Gasteiger partial charge in [0.1, 0.15) is 10.7 Å². The molecule has 0 radical (unpaired) electrons. The molecule has 196 valence electrons. The molecule has 1 aliphatic heterocycles. The zero-order valence-electron chi connectivity index (χ0n) is 21.3. The second kappa shape index (κ2) is 9.12. The molecule has 11 nitrogen and oxygen atoms in total. The van der Waals surface area contributed by atoms with Crippen molar-refractivity contribution in [1.82, 2.24) is 29.7 Å². The lowest BCUT2D eigenvalue weighted by molar-refractivity contribution is -0.119. The van der Waals surface area contributed by atoms with Gasteiger partial charge < -0.3 is 9.08 Å². The van der Waals surface area contributed by atoms with Crippen LogP contribution in [-0.4, -0.2) is 50.6 Å². The highest BCUT2D eigenvalue weighted by Crippen LogP contribution is 2.36. The molecule has 1 aliphatic carbocycles. The van der Waals surface area contributed by atoms with Crippen LogP contribution in [0.15, 0.2) is 41.6 Å². The Labute approximate surface area is 220 Å². The minimum absolute atomic E-state index is 0.00192. The lowest BCUT2D eigenvalue weighted by Crippen LogP contribution is -2.39. The van der Waals surface area contributed by atoms with Crippen molar-refractivity contribution in [2.24, 2.45) is 0 Å². The predicted molar refractivity (Wildman–Crippen MR) is 138 cm³/mol. The Balaban J connectivity index is 1.38. The van der Waals surface area contributed by atoms with Crippen LogP contribution in [0.1, 0.15) is 60.4 Å². The average molecular weight is 534 g/mol. The van der Waals surface area contributed by atoms with E-state index in [4.69, 9.17) is 4.18 Å². The van der Waals surface area contributed by atoms with Gasteiger partial charge in [-0.25, -0.2) is 15.0 Å². The monoisotopic (exact) mass is 533 g/mol. The zero-order valence-corrected chi connectivity index (χ0v) is 22.1. The Hall–Kier alpha value is -3.93. The minimum atomic E-state index is -4.19. The smallest absolute Gasteiger partial charge is 0.340 e. The summed E-state index contributed by atoms with van der Waals surface area (Å²) in [5.41, 5.74) is 3.36. The first-order valence-corrected chi connectivity index (χ1v) is 14.0. The SMILES string of the molecule is Cc1ccc(S(=O)(=O)Oc2nc(C3CCC(=O)N(c4cnn(C5CC5)c4)C3)nc3nc(C)c(C)nc23)cc1. The summed E-state index contributed by atoms with van der Waals surface area (Å²) in [4.78, 5) is 32.8. The summed E-state index contributed by atoms with van der Waals surface area (Å²) in [6, 6.07) is 6.78. The third-order valence-electron chi connectivity index (χ3n) is 7.02. The number of nitrogens with zero attached hydrogens (tertiary/aromatic N) is 7. The topological polar surface area (TPSA) is 133 Å². The second-order valence-corrected chi connectivity index (χ2v) is 11.5. The number of aryl methyl sites for hydroxylation is 3. The predicted octanol–water partition coefficient (Wildman–Crippen LogP) is 3.55. The van der Waals surface area contributed by atoms with Crippen molar-refractivity contribution in [3.8, 4) is 5.88 Å². The van der Waals surface area contributed by atoms with E-state index in [-0.39, 0.29) is 33.8 Å². The molecule has 0 spiro atoms. The first-order chi connectivity index (χ1) is 18.2. The molecule has 6 rings (SSSR count). The standard InChI is InChI=1S/C26H27N7O4S/c1-15-4-9-21(10-5-15)38(35,36)37-26-23-25(29-17(3)16(2)28-23)30-24(31-26)18-6-11-22(34)32(13-18)20-12-27-33(14-20)19-7-8-19/h4-5,9-10,12,14,18-19H,6-8,11,13H2,1-3H3. The molecule has 1 aromatic carbocycles. The van der Waals surface area contributed by atoms with Crippen molar-refractivity contribution in [3.63, 3.8) is 0 Å². The van der Waals surface area contributed by atoms with Crippen LogP contribution in [0.25, 0.3) is 11.2 Å². The largest absolute Gasteiger partial charge is 0.356 e. The summed E-state index contributed by atoms with van der Waals surface area (Å²) >= 11 is 0. The maximum Gasteiger partial charge on any atom is 0.340 e. The number of piperidine rings is 1. The molecule has 12 heteroatoms. The highest BCUT2D eigenvalue weighted by molar-refractivity contribution is 7.87. The van der Waals surface area contributed by atoms with Crippen molar-refractivity contribution < 1.29 is 17.4 Å². The number of benzene rings is 1. The second-order valence-electron chi connectivity index (χ2n) is 9.95. The number of anilines is 1. The van der Waals surface area contributed by atoms with Crippen LogP contribution in [0.4, 0.5) is 5.69 Å². The highest BCUT2D eigenvalue weighted by Gasteiger charge is 2.33. The lowest BCUT2D eigenvalue weighted by Gasteiger charge is -2.31. The molecule has 1 amide bonds. The molecule has 1 unspecified atom stereocenters. The molecule has 3 aromatic heterocycles. The van der Waals surface area contributed by atoms with Crippen LogP contribution < -0.4 is 9.08 Å². The van der Waals surface area contributed by atoms with Crippen molar-refractivity contribution >= 4 is 32.9 Å². The minimum Gasteiger partial charge on any atom is -0.356 e. The third-order valence-corrected chi connectivity index (χ3v) is 8.25. The van der Waals surface area contributed by atoms with Crippen molar-refractivity contribution in [3.05, 3.63) is 59.4 Å². The molecule has 1 atom stereocenters. The molecule has 2 fully saturated rings. The first kappa shape index (κ1) is 24.4. The number of rotatable bonds is 6. The van der Waals surface area contributed by atoms with Crippen molar-refractivity contribution in [2.75, 3.05) is 11.4 Å². The van der Waals surface area contributed by atoms with Gasteiger partial charge in [0.25, 0.3) is 5.88 Å². The molecular weight excluding hydrogens is 506 g/mol. The lowest BCUT2D eigenvalue weighted by atomic mass is 9.96. The summed E-state index contributed by atoms with van der Waals surface area (Å²) in [6.07, 6.45) is 6.62. The van der Waals surface area contributed by atoms with Gasteiger partial charge in [0, 0.05) is 25.1 Å². The van der Waals surface area contributed by atoms with E-state index in [9.17, 15) is 13.2 Å². The maximum absolute atomic E-state index is 13.1. The van der Waals surface area contributed by atoms with Crippen LogP contribution in [0.5, 0.6) is 5.88 Å². The van der Waals surface area contributed by atoms with E-state index in [0.29, 0.717) is 42.6 Å². The number of hydrogen-bond acceptors (Lipinski definition) is 9. The Morgan fingerprint density at radius 2 is 1.68 bits per heavy atom. The molecule has 0 N–H and O–H groups in total. The summed E-state index contributed by atoms with van der Waals surface area (Å²) in [7, 11) is -4.19. The van der Waals surface area contributed by atoms with Crippen molar-refractivity contribution in [2.45, 2.75) is 63.3 Å². The summed E-state index contributed by atoms with van der Waals surface area (Å²) in [6.45, 7) is 5.80. The van der Waals surface area contributed by atoms with Gasteiger partial charge in [-0.1, -0.05) is 17.7 Å². The normalized spacial score (nSPS) is 18.2. The van der Waals surface area contributed by atoms with Crippen LogP contribution in [0, 0.1) is 20.8 Å². The van der Waals surface area contributed by atoms with E-state index < -0.39 is 10.1 Å². The zero-order chi connectivity index (χ0) is 26.6. The molecule has 2 aliphatic rings. The van der Waals surface area contributed by atoms with E-state index in [1.165, 1.54) is 12.1 Å². The summed E-state index contributed by atoms with van der Waals surface area (Å²) < 4.78 is 33.8. The van der Waals surface area contributed by atoms with Gasteiger partial charge in [-0.2, -0.15) is 18.5 Å². The first-order valence-electron chi connectivity index (χ1n) is 12.6. The molecule has 1 saturated carbocycles. The van der Waals surface area contributed by atoms with E-state index in [2.05, 4.69) is 25.0 Å². The average Bonchev–Trinajstić information content (AvgIpc) is 3.62. The fourth-order valence-corrected chi connectivity index (χ4v) is 5.40. The maximum atomic E-state index is 13.1. The van der Waals surface area contributed by atoms with Gasteiger partial charge in [-0.05, 0) is 52.2 Å². The number of amides is 1. The van der Waals surface area contributed by atoms with Gasteiger partial charge in [-0.15, -0.1) is 0 Å². The Bertz CT molecular complexity index is 1660. The van der Waals surface area contributed by atoms with Crippen LogP contribution in [0.3, 0.4) is 0 Å². The molecule has 4 aromatic rings.